The number of amides is 2. The molecular formula is C22H20Cl2N2O5. The van der Waals surface area contributed by atoms with Crippen molar-refractivity contribution in [2.45, 2.75) is 25.9 Å². The fourth-order valence-corrected chi connectivity index (χ4v) is 3.44. The third kappa shape index (κ3) is 5.42. The number of hydrazine groups is 1. The Morgan fingerprint density at radius 2 is 1.81 bits per heavy atom. The predicted molar refractivity (Wildman–Crippen MR) is 115 cm³/mol. The van der Waals surface area contributed by atoms with Crippen LogP contribution in [-0.2, 0) is 14.3 Å². The summed E-state index contributed by atoms with van der Waals surface area (Å²) in [5, 5.41) is 1.57. The summed E-state index contributed by atoms with van der Waals surface area (Å²) in [6, 6.07) is 12.9. The number of benzene rings is 2. The standard InChI is InChI=1S/C22H20Cl2N2O5/c1-2-18(20(28)13-6-4-3-5-7-13)31-22(30)15-11-19(27)26(12-15)25-21(29)14-8-9-16(23)17(24)10-14/h3-10,15,18H,2,11-12H2,1H3,(H,25,29)/t15-,18+/m0/s1. The van der Waals surface area contributed by atoms with Crippen LogP contribution in [0.4, 0.5) is 0 Å². The maximum Gasteiger partial charge on any atom is 0.312 e. The molecule has 1 fully saturated rings. The Morgan fingerprint density at radius 1 is 1.10 bits per heavy atom. The second-order valence-electron chi connectivity index (χ2n) is 7.04. The van der Waals surface area contributed by atoms with Crippen LogP contribution in [-0.4, -0.2) is 41.2 Å². The van der Waals surface area contributed by atoms with Crippen molar-refractivity contribution in [1.29, 1.82) is 0 Å². The zero-order chi connectivity index (χ0) is 22.5. The van der Waals surface area contributed by atoms with Gasteiger partial charge in [-0.15, -0.1) is 0 Å². The molecule has 9 heteroatoms. The number of Topliss-reactive ketones (excluding diaryl/α,β-unsaturated/α-hetero) is 1. The molecule has 0 saturated carbocycles. The molecule has 1 aliphatic rings. The quantitative estimate of drug-likeness (QED) is 0.500. The SMILES string of the molecule is CC[C@@H](OC(=O)[C@H]1CC(=O)N(NC(=O)c2ccc(Cl)c(Cl)c2)C1)C(=O)c1ccccc1. The van der Waals surface area contributed by atoms with Crippen molar-refractivity contribution in [3.63, 3.8) is 0 Å². The van der Waals surface area contributed by atoms with Gasteiger partial charge in [0, 0.05) is 17.5 Å². The van der Waals surface area contributed by atoms with Gasteiger partial charge in [0.25, 0.3) is 5.91 Å². The highest BCUT2D eigenvalue weighted by molar-refractivity contribution is 6.42. The van der Waals surface area contributed by atoms with Crippen LogP contribution in [0.1, 0.15) is 40.5 Å². The molecule has 2 aromatic rings. The third-order valence-corrected chi connectivity index (χ3v) is 5.60. The molecule has 0 bridgehead atoms. The van der Waals surface area contributed by atoms with Gasteiger partial charge in [0.1, 0.15) is 0 Å². The minimum Gasteiger partial charge on any atom is -0.454 e. The highest BCUT2D eigenvalue weighted by Gasteiger charge is 2.38. The van der Waals surface area contributed by atoms with Crippen molar-refractivity contribution in [1.82, 2.24) is 10.4 Å². The van der Waals surface area contributed by atoms with E-state index in [0.29, 0.717) is 17.0 Å². The van der Waals surface area contributed by atoms with E-state index >= 15 is 0 Å². The fourth-order valence-electron chi connectivity index (χ4n) is 3.15. The van der Waals surface area contributed by atoms with Gasteiger partial charge in [-0.05, 0) is 24.6 Å². The molecule has 1 aliphatic heterocycles. The van der Waals surface area contributed by atoms with Crippen molar-refractivity contribution in [2.75, 3.05) is 6.54 Å². The van der Waals surface area contributed by atoms with E-state index in [2.05, 4.69) is 5.43 Å². The van der Waals surface area contributed by atoms with Gasteiger partial charge < -0.3 is 4.74 Å². The highest BCUT2D eigenvalue weighted by Crippen LogP contribution is 2.23. The summed E-state index contributed by atoms with van der Waals surface area (Å²) in [7, 11) is 0. The van der Waals surface area contributed by atoms with Crippen LogP contribution in [0.5, 0.6) is 0 Å². The van der Waals surface area contributed by atoms with Crippen molar-refractivity contribution in [2.24, 2.45) is 5.92 Å². The third-order valence-electron chi connectivity index (χ3n) is 4.86. The lowest BCUT2D eigenvalue weighted by atomic mass is 10.0. The van der Waals surface area contributed by atoms with Crippen molar-refractivity contribution >= 4 is 46.8 Å². The molecule has 0 radical (unpaired) electrons. The first-order chi connectivity index (χ1) is 14.8. The monoisotopic (exact) mass is 462 g/mol. The average molecular weight is 463 g/mol. The molecule has 0 aromatic heterocycles. The lowest BCUT2D eigenvalue weighted by Crippen LogP contribution is -2.43. The van der Waals surface area contributed by atoms with Gasteiger partial charge in [-0.2, -0.15) is 0 Å². The fraction of sp³-hybridized carbons (Fsp3) is 0.273. The first-order valence-corrected chi connectivity index (χ1v) is 10.4. The van der Waals surface area contributed by atoms with Crippen LogP contribution < -0.4 is 5.43 Å². The molecule has 2 aromatic carbocycles. The summed E-state index contributed by atoms with van der Waals surface area (Å²) >= 11 is 11.8. The van der Waals surface area contributed by atoms with E-state index in [1.807, 2.05) is 0 Å². The minimum absolute atomic E-state index is 0.0549. The van der Waals surface area contributed by atoms with Crippen molar-refractivity contribution in [3.05, 3.63) is 69.7 Å². The summed E-state index contributed by atoms with van der Waals surface area (Å²) in [5.74, 6) is -2.75. The zero-order valence-corrected chi connectivity index (χ0v) is 18.2. The van der Waals surface area contributed by atoms with E-state index in [1.54, 1.807) is 37.3 Å². The Kier molecular flexibility index (Phi) is 7.30. The summed E-state index contributed by atoms with van der Waals surface area (Å²) in [6.45, 7) is 1.68. The zero-order valence-electron chi connectivity index (χ0n) is 16.6. The molecule has 0 unspecified atom stereocenters. The van der Waals surface area contributed by atoms with Gasteiger partial charge in [0.05, 0.1) is 22.5 Å². The topological polar surface area (TPSA) is 92.8 Å². The van der Waals surface area contributed by atoms with Crippen LogP contribution in [0, 0.1) is 5.92 Å². The Morgan fingerprint density at radius 3 is 2.45 bits per heavy atom. The molecule has 1 heterocycles. The first-order valence-electron chi connectivity index (χ1n) is 9.66. The molecule has 1 saturated heterocycles. The average Bonchev–Trinajstić information content (AvgIpc) is 3.14. The molecular weight excluding hydrogens is 443 g/mol. The summed E-state index contributed by atoms with van der Waals surface area (Å²) in [5.41, 5.74) is 3.12. The van der Waals surface area contributed by atoms with E-state index in [-0.39, 0.29) is 29.3 Å². The summed E-state index contributed by atoms with van der Waals surface area (Å²) in [6.07, 6.45) is -0.765. The van der Waals surface area contributed by atoms with E-state index in [9.17, 15) is 19.2 Å². The maximum atomic E-state index is 12.6. The number of ether oxygens (including phenoxy) is 1. The van der Waals surface area contributed by atoms with Crippen LogP contribution in [0.3, 0.4) is 0 Å². The Bertz CT molecular complexity index is 1010. The molecule has 0 spiro atoms. The second kappa shape index (κ2) is 9.94. The first kappa shape index (κ1) is 22.8. The van der Waals surface area contributed by atoms with Gasteiger partial charge in [-0.3, -0.25) is 29.6 Å². The molecule has 31 heavy (non-hydrogen) atoms. The van der Waals surface area contributed by atoms with Gasteiger partial charge in [-0.25, -0.2) is 0 Å². The highest BCUT2D eigenvalue weighted by atomic mass is 35.5. The van der Waals surface area contributed by atoms with Gasteiger partial charge in [-0.1, -0.05) is 60.5 Å². The minimum atomic E-state index is -0.940. The summed E-state index contributed by atoms with van der Waals surface area (Å²) in [4.78, 5) is 49.8. The maximum absolute atomic E-state index is 12.6. The molecule has 1 N–H and O–H groups in total. The van der Waals surface area contributed by atoms with Crippen molar-refractivity contribution in [3.8, 4) is 0 Å². The molecule has 7 nitrogen and oxygen atoms in total. The van der Waals surface area contributed by atoms with Gasteiger partial charge in [0.15, 0.2) is 6.10 Å². The van der Waals surface area contributed by atoms with E-state index in [4.69, 9.17) is 27.9 Å². The van der Waals surface area contributed by atoms with Crippen LogP contribution in [0.25, 0.3) is 0 Å². The van der Waals surface area contributed by atoms with Gasteiger partial charge in [0.2, 0.25) is 11.7 Å². The van der Waals surface area contributed by atoms with E-state index in [0.717, 1.165) is 5.01 Å². The normalized spacial score (nSPS) is 16.7. The second-order valence-corrected chi connectivity index (χ2v) is 7.85. The number of nitrogens with zero attached hydrogens (tertiary/aromatic N) is 1. The molecule has 0 aliphatic carbocycles. The van der Waals surface area contributed by atoms with Crippen LogP contribution in [0.2, 0.25) is 10.0 Å². The van der Waals surface area contributed by atoms with E-state index in [1.165, 1.54) is 18.2 Å². The number of ketones is 1. The Balaban J connectivity index is 1.60. The van der Waals surface area contributed by atoms with E-state index < -0.39 is 29.8 Å². The number of carbonyl (C=O) groups is 4. The number of carbonyl (C=O) groups excluding carboxylic acids is 4. The Hall–Kier alpha value is -2.90. The van der Waals surface area contributed by atoms with Gasteiger partial charge >= 0.3 is 5.97 Å². The van der Waals surface area contributed by atoms with Crippen molar-refractivity contribution < 1.29 is 23.9 Å². The molecule has 3 rings (SSSR count). The molecule has 162 valence electrons. The number of hydrogen-bond donors (Lipinski definition) is 1. The van der Waals surface area contributed by atoms with Crippen LogP contribution in [0.15, 0.2) is 48.5 Å². The lowest BCUT2D eigenvalue weighted by molar-refractivity contribution is -0.151. The number of rotatable bonds is 7. The van der Waals surface area contributed by atoms with Crippen LogP contribution >= 0.6 is 23.2 Å². The molecule has 2 atom stereocenters. The Labute approximate surface area is 189 Å². The number of nitrogens with one attached hydrogen (secondary N) is 1. The number of hydrogen-bond acceptors (Lipinski definition) is 5. The molecule has 2 amide bonds. The largest absolute Gasteiger partial charge is 0.454 e. The number of esters is 1. The predicted octanol–water partition coefficient (Wildman–Crippen LogP) is 3.69. The summed E-state index contributed by atoms with van der Waals surface area (Å²) < 4.78 is 5.40. The smallest absolute Gasteiger partial charge is 0.312 e. The number of halogens is 2. The lowest BCUT2D eigenvalue weighted by Gasteiger charge is -2.19.